The van der Waals surface area contributed by atoms with Gasteiger partial charge < -0.3 is 11.1 Å². The summed E-state index contributed by atoms with van der Waals surface area (Å²) in [5.41, 5.74) is 6.68. The highest BCUT2D eigenvalue weighted by molar-refractivity contribution is 7.93. The second-order valence-corrected chi connectivity index (χ2v) is 7.60. The zero-order valence-electron chi connectivity index (χ0n) is 12.3. The average molecular weight is 298 g/mol. The van der Waals surface area contributed by atoms with Crippen LogP contribution in [0.4, 0.5) is 5.69 Å². The highest BCUT2D eigenvalue weighted by Gasteiger charge is 2.31. The van der Waals surface area contributed by atoms with Gasteiger partial charge in [0.2, 0.25) is 5.91 Å². The summed E-state index contributed by atoms with van der Waals surface area (Å²) in [6, 6.07) is 4.77. The van der Waals surface area contributed by atoms with Gasteiger partial charge >= 0.3 is 0 Å². The number of anilines is 1. The maximum Gasteiger partial charge on any atom is 0.238 e. The van der Waals surface area contributed by atoms with Crippen LogP contribution in [0.2, 0.25) is 0 Å². The molecule has 0 saturated carbocycles. The van der Waals surface area contributed by atoms with Crippen molar-refractivity contribution in [2.45, 2.75) is 37.8 Å². The van der Waals surface area contributed by atoms with Gasteiger partial charge in [-0.2, -0.15) is 0 Å². The number of nitrogens with two attached hydrogens (primary N) is 1. The molecule has 1 aromatic rings. The van der Waals surface area contributed by atoms with E-state index in [1.807, 2.05) is 13.8 Å². The third-order valence-corrected chi connectivity index (χ3v) is 5.11. The zero-order valence-corrected chi connectivity index (χ0v) is 13.1. The van der Waals surface area contributed by atoms with Crippen LogP contribution in [0.15, 0.2) is 23.1 Å². The van der Waals surface area contributed by atoms with Crippen LogP contribution in [0.3, 0.4) is 0 Å². The Morgan fingerprint density at radius 3 is 2.45 bits per heavy atom. The van der Waals surface area contributed by atoms with Crippen LogP contribution in [0, 0.1) is 12.8 Å². The highest BCUT2D eigenvalue weighted by Crippen LogP contribution is 2.24. The van der Waals surface area contributed by atoms with Crippen LogP contribution in [0.1, 0.15) is 26.3 Å². The number of sulfone groups is 1. The Balaban J connectivity index is 3.04. The lowest BCUT2D eigenvalue weighted by molar-refractivity contribution is -0.120. The van der Waals surface area contributed by atoms with Crippen molar-refractivity contribution in [3.63, 3.8) is 0 Å². The maximum atomic E-state index is 12.5. The minimum absolute atomic E-state index is 0.0182. The summed E-state index contributed by atoms with van der Waals surface area (Å²) in [7, 11) is -3.78. The molecule has 0 aliphatic rings. The summed E-state index contributed by atoms with van der Waals surface area (Å²) in [6.45, 7) is 7.49. The third-order valence-electron chi connectivity index (χ3n) is 2.99. The molecule has 1 aromatic carbocycles. The number of hydrogen-bond donors (Lipinski definition) is 2. The molecule has 1 rings (SSSR count). The van der Waals surface area contributed by atoms with Crippen molar-refractivity contribution in [3.8, 4) is 0 Å². The first kappa shape index (κ1) is 16.5. The second kappa shape index (κ2) is 6.26. The second-order valence-electron chi connectivity index (χ2n) is 5.37. The summed E-state index contributed by atoms with van der Waals surface area (Å²) in [5, 5.41) is 1.47. The Labute approximate surface area is 120 Å². The predicted molar refractivity (Wildman–Crippen MR) is 80.1 cm³/mol. The minimum atomic E-state index is -3.78. The number of carbonyl (C=O) groups is 1. The molecule has 3 N–H and O–H groups in total. The molecule has 5 nitrogen and oxygen atoms in total. The molecule has 0 heterocycles. The monoisotopic (exact) mass is 298 g/mol. The number of amides is 1. The van der Waals surface area contributed by atoms with Gasteiger partial charge in [0.05, 0.1) is 10.6 Å². The van der Waals surface area contributed by atoms with Crippen LogP contribution >= 0.6 is 0 Å². The minimum Gasteiger partial charge on any atom is -0.398 e. The van der Waals surface area contributed by atoms with Gasteiger partial charge in [-0.15, -0.1) is 0 Å². The summed E-state index contributed by atoms with van der Waals surface area (Å²) >= 11 is 0. The standard InChI is InChI=1S/C14H22N2O3S/c1-9(2)8-16-14(17)11(4)20(18,19)13-7-10(3)5-6-12(13)15/h5-7,9,11H,8,15H2,1-4H3,(H,16,17). The lowest BCUT2D eigenvalue weighted by atomic mass is 10.2. The van der Waals surface area contributed by atoms with Gasteiger partial charge in [-0.3, -0.25) is 4.79 Å². The average Bonchev–Trinajstić information content (AvgIpc) is 2.37. The van der Waals surface area contributed by atoms with E-state index in [-0.39, 0.29) is 16.5 Å². The van der Waals surface area contributed by atoms with Crippen LogP contribution in [-0.2, 0) is 14.6 Å². The van der Waals surface area contributed by atoms with E-state index >= 15 is 0 Å². The smallest absolute Gasteiger partial charge is 0.238 e. The first-order chi connectivity index (χ1) is 9.16. The fourth-order valence-corrected chi connectivity index (χ4v) is 3.16. The van der Waals surface area contributed by atoms with Gasteiger partial charge in [0.1, 0.15) is 5.25 Å². The number of benzene rings is 1. The van der Waals surface area contributed by atoms with Crippen molar-refractivity contribution in [2.75, 3.05) is 12.3 Å². The van der Waals surface area contributed by atoms with E-state index in [9.17, 15) is 13.2 Å². The molecule has 112 valence electrons. The number of carbonyl (C=O) groups excluding carboxylic acids is 1. The Kier molecular flexibility index (Phi) is 5.16. The molecule has 0 fully saturated rings. The molecule has 6 heteroatoms. The molecule has 20 heavy (non-hydrogen) atoms. The number of hydrogen-bond acceptors (Lipinski definition) is 4. The summed E-state index contributed by atoms with van der Waals surface area (Å²) < 4.78 is 24.9. The first-order valence-corrected chi connectivity index (χ1v) is 8.08. The molecule has 1 atom stereocenters. The zero-order chi connectivity index (χ0) is 15.5. The fraction of sp³-hybridized carbons (Fsp3) is 0.500. The first-order valence-electron chi connectivity index (χ1n) is 6.54. The van der Waals surface area contributed by atoms with Gasteiger partial charge in [-0.25, -0.2) is 8.42 Å². The number of rotatable bonds is 5. The SMILES string of the molecule is Cc1ccc(N)c(S(=O)(=O)C(C)C(=O)NCC(C)C)c1. The van der Waals surface area contributed by atoms with Crippen molar-refractivity contribution < 1.29 is 13.2 Å². The van der Waals surface area contributed by atoms with E-state index in [4.69, 9.17) is 5.73 Å². The molecule has 0 bridgehead atoms. The highest BCUT2D eigenvalue weighted by atomic mass is 32.2. The Bertz CT molecular complexity index is 594. The van der Waals surface area contributed by atoms with E-state index in [1.54, 1.807) is 19.1 Å². The van der Waals surface area contributed by atoms with Crippen molar-refractivity contribution in [1.82, 2.24) is 5.32 Å². The van der Waals surface area contributed by atoms with Gasteiger partial charge in [-0.1, -0.05) is 19.9 Å². The largest absolute Gasteiger partial charge is 0.398 e. The fourth-order valence-electron chi connectivity index (χ4n) is 1.67. The molecule has 0 spiro atoms. The van der Waals surface area contributed by atoms with E-state index in [0.717, 1.165) is 5.56 Å². The van der Waals surface area contributed by atoms with Gasteiger partial charge in [0.25, 0.3) is 0 Å². The van der Waals surface area contributed by atoms with Crippen LogP contribution in [0.25, 0.3) is 0 Å². The normalized spacial score (nSPS) is 13.2. The summed E-state index contributed by atoms with van der Waals surface area (Å²) in [6.07, 6.45) is 0. The molecule has 0 saturated heterocycles. The van der Waals surface area contributed by atoms with E-state index in [2.05, 4.69) is 5.32 Å². The molecular formula is C14H22N2O3S. The van der Waals surface area contributed by atoms with E-state index in [1.165, 1.54) is 13.0 Å². The van der Waals surface area contributed by atoms with Crippen molar-refractivity contribution >= 4 is 21.4 Å². The number of aryl methyl sites for hydroxylation is 1. The summed E-state index contributed by atoms with van der Waals surface area (Å²) in [5.74, 6) is -0.238. The van der Waals surface area contributed by atoms with Crippen LogP contribution in [0.5, 0.6) is 0 Å². The molecule has 0 aromatic heterocycles. The maximum absolute atomic E-state index is 12.5. The van der Waals surface area contributed by atoms with Gasteiger partial charge in [-0.05, 0) is 37.5 Å². The lowest BCUT2D eigenvalue weighted by Gasteiger charge is -2.16. The Morgan fingerprint density at radius 1 is 1.30 bits per heavy atom. The summed E-state index contributed by atoms with van der Waals surface area (Å²) in [4.78, 5) is 12.0. The Hall–Kier alpha value is -1.56. The lowest BCUT2D eigenvalue weighted by Crippen LogP contribution is -2.39. The molecule has 1 amide bonds. The van der Waals surface area contributed by atoms with Crippen molar-refractivity contribution in [3.05, 3.63) is 23.8 Å². The quantitative estimate of drug-likeness (QED) is 0.806. The number of nitrogen functional groups attached to an aromatic ring is 1. The van der Waals surface area contributed by atoms with Crippen molar-refractivity contribution in [1.29, 1.82) is 0 Å². The van der Waals surface area contributed by atoms with Crippen LogP contribution in [-0.4, -0.2) is 26.1 Å². The van der Waals surface area contributed by atoms with Gasteiger partial charge in [0, 0.05) is 6.54 Å². The topological polar surface area (TPSA) is 89.3 Å². The molecular weight excluding hydrogens is 276 g/mol. The number of nitrogens with one attached hydrogen (secondary N) is 1. The molecule has 0 radical (unpaired) electrons. The Morgan fingerprint density at radius 2 is 1.90 bits per heavy atom. The van der Waals surface area contributed by atoms with Gasteiger partial charge in [0.15, 0.2) is 9.84 Å². The van der Waals surface area contributed by atoms with E-state index < -0.39 is 21.0 Å². The predicted octanol–water partition coefficient (Wildman–Crippen LogP) is 1.51. The van der Waals surface area contributed by atoms with E-state index in [0.29, 0.717) is 6.54 Å². The molecule has 0 aliphatic carbocycles. The third kappa shape index (κ3) is 3.72. The van der Waals surface area contributed by atoms with Crippen LogP contribution < -0.4 is 11.1 Å². The molecule has 0 aliphatic heterocycles. The van der Waals surface area contributed by atoms with Crippen molar-refractivity contribution in [2.24, 2.45) is 5.92 Å². The molecule has 1 unspecified atom stereocenters.